The zero-order valence-electron chi connectivity index (χ0n) is 19.0. The predicted octanol–water partition coefficient (Wildman–Crippen LogP) is 4.04. The molecular weight excluding hydrogens is 406 g/mol. The second-order valence-electron chi connectivity index (χ2n) is 8.60. The quantitative estimate of drug-likeness (QED) is 0.526. The van der Waals surface area contributed by atoms with E-state index in [0.717, 1.165) is 16.6 Å². The first-order valence-electron chi connectivity index (χ1n) is 10.9. The molecule has 0 spiro atoms. The molecule has 1 aromatic heterocycles. The minimum absolute atomic E-state index is 0.133. The number of alkyl carbamates (subject to hydrolysis) is 1. The molecule has 0 saturated heterocycles. The summed E-state index contributed by atoms with van der Waals surface area (Å²) in [5, 5.41) is 14.2. The molecular formula is C24H31N5O3. The monoisotopic (exact) mass is 437 g/mol. The molecule has 0 aliphatic heterocycles. The van der Waals surface area contributed by atoms with Crippen LogP contribution in [-0.4, -0.2) is 33.0 Å². The lowest BCUT2D eigenvalue weighted by atomic mass is 10.0. The molecule has 2 N–H and O–H groups in total. The van der Waals surface area contributed by atoms with Crippen LogP contribution >= 0.6 is 0 Å². The van der Waals surface area contributed by atoms with E-state index in [-0.39, 0.29) is 18.4 Å². The van der Waals surface area contributed by atoms with E-state index < -0.39 is 18.3 Å². The Labute approximate surface area is 188 Å². The van der Waals surface area contributed by atoms with E-state index in [4.69, 9.17) is 4.74 Å². The Bertz CT molecular complexity index is 1030. The molecule has 0 radical (unpaired) electrons. The first-order chi connectivity index (χ1) is 15.3. The first-order valence-corrected chi connectivity index (χ1v) is 10.9. The molecule has 1 heterocycles. The summed E-state index contributed by atoms with van der Waals surface area (Å²) in [4.78, 5) is 25.5. The summed E-state index contributed by atoms with van der Waals surface area (Å²) in [6, 6.07) is 16.3. The minimum Gasteiger partial charge on any atom is -0.445 e. The molecule has 0 aliphatic rings. The van der Waals surface area contributed by atoms with Crippen molar-refractivity contribution in [2.75, 3.05) is 0 Å². The van der Waals surface area contributed by atoms with Gasteiger partial charge in [0, 0.05) is 0 Å². The molecule has 0 bridgehead atoms. The Balaban J connectivity index is 1.70. The van der Waals surface area contributed by atoms with Gasteiger partial charge in [-0.2, -0.15) is 0 Å². The van der Waals surface area contributed by atoms with Crippen molar-refractivity contribution >= 4 is 23.0 Å². The fourth-order valence-electron chi connectivity index (χ4n) is 3.46. The van der Waals surface area contributed by atoms with E-state index in [1.165, 1.54) is 0 Å². The molecule has 2 atom stereocenters. The van der Waals surface area contributed by atoms with Gasteiger partial charge in [-0.05, 0) is 36.0 Å². The summed E-state index contributed by atoms with van der Waals surface area (Å²) in [7, 11) is 0. The molecule has 8 nitrogen and oxygen atoms in total. The van der Waals surface area contributed by atoms with E-state index in [2.05, 4.69) is 34.8 Å². The van der Waals surface area contributed by atoms with E-state index in [1.807, 2.05) is 68.4 Å². The average Bonchev–Trinajstić information content (AvgIpc) is 3.20. The molecule has 3 aromatic rings. The molecule has 170 valence electrons. The van der Waals surface area contributed by atoms with Crippen LogP contribution in [0, 0.1) is 11.8 Å². The molecule has 32 heavy (non-hydrogen) atoms. The number of fused-ring (bicyclic) bond motifs is 1. The largest absolute Gasteiger partial charge is 0.445 e. The third kappa shape index (κ3) is 6.06. The van der Waals surface area contributed by atoms with Gasteiger partial charge in [-0.3, -0.25) is 4.79 Å². The van der Waals surface area contributed by atoms with E-state index in [0.29, 0.717) is 12.3 Å². The van der Waals surface area contributed by atoms with Gasteiger partial charge in [0.05, 0.1) is 5.52 Å². The maximum absolute atomic E-state index is 13.2. The van der Waals surface area contributed by atoms with Crippen molar-refractivity contribution in [3.8, 4) is 0 Å². The third-order valence-corrected chi connectivity index (χ3v) is 5.11. The van der Waals surface area contributed by atoms with Crippen LogP contribution in [0.2, 0.25) is 0 Å². The fraction of sp³-hybridized carbons (Fsp3) is 0.417. The molecule has 8 heteroatoms. The van der Waals surface area contributed by atoms with Crippen LogP contribution in [0.4, 0.5) is 4.79 Å². The molecule has 3 rings (SSSR count). The highest BCUT2D eigenvalue weighted by molar-refractivity contribution is 5.86. The van der Waals surface area contributed by atoms with Crippen LogP contribution < -0.4 is 10.6 Å². The van der Waals surface area contributed by atoms with Crippen molar-refractivity contribution < 1.29 is 14.3 Å². The number of amides is 2. The van der Waals surface area contributed by atoms with Gasteiger partial charge in [-0.1, -0.05) is 75.4 Å². The van der Waals surface area contributed by atoms with Gasteiger partial charge in [-0.15, -0.1) is 5.10 Å². The third-order valence-electron chi connectivity index (χ3n) is 5.11. The Hall–Kier alpha value is -3.42. The standard InChI is InChI=1S/C24H31N5O3/c1-16(2)14-21(29-20-13-9-8-12-19(20)27-28-29)25-23(30)22(17(3)4)26-24(31)32-15-18-10-6-5-7-11-18/h5-13,16-17,21-22H,14-15H2,1-4H3,(H,25,30)(H,26,31). The van der Waals surface area contributed by atoms with Crippen LogP contribution in [0.15, 0.2) is 54.6 Å². The van der Waals surface area contributed by atoms with Gasteiger partial charge < -0.3 is 15.4 Å². The number of hydrogen-bond donors (Lipinski definition) is 2. The second-order valence-corrected chi connectivity index (χ2v) is 8.60. The molecule has 2 unspecified atom stereocenters. The fourth-order valence-corrected chi connectivity index (χ4v) is 3.46. The molecule has 2 amide bonds. The van der Waals surface area contributed by atoms with Gasteiger partial charge in [0.25, 0.3) is 0 Å². The Morgan fingerprint density at radius 1 is 0.969 bits per heavy atom. The number of aromatic nitrogens is 3. The number of hydrogen-bond acceptors (Lipinski definition) is 5. The highest BCUT2D eigenvalue weighted by Gasteiger charge is 2.28. The molecule has 0 saturated carbocycles. The normalized spacial score (nSPS) is 13.2. The summed E-state index contributed by atoms with van der Waals surface area (Å²) in [6.07, 6.45) is -0.352. The maximum Gasteiger partial charge on any atom is 0.408 e. The summed E-state index contributed by atoms with van der Waals surface area (Å²) in [6.45, 7) is 8.06. The van der Waals surface area contributed by atoms with Gasteiger partial charge in [-0.25, -0.2) is 9.48 Å². The van der Waals surface area contributed by atoms with Crippen molar-refractivity contribution in [1.29, 1.82) is 0 Å². The van der Waals surface area contributed by atoms with Crippen molar-refractivity contribution in [2.24, 2.45) is 11.8 Å². The SMILES string of the molecule is CC(C)CC(NC(=O)C(NC(=O)OCc1ccccc1)C(C)C)n1nnc2ccccc21. The van der Waals surface area contributed by atoms with Crippen molar-refractivity contribution in [1.82, 2.24) is 25.6 Å². The summed E-state index contributed by atoms with van der Waals surface area (Å²) in [5.74, 6) is -0.113. The van der Waals surface area contributed by atoms with E-state index >= 15 is 0 Å². The number of ether oxygens (including phenoxy) is 1. The van der Waals surface area contributed by atoms with Gasteiger partial charge in [0.2, 0.25) is 5.91 Å². The maximum atomic E-state index is 13.2. The number of benzene rings is 2. The van der Waals surface area contributed by atoms with Crippen molar-refractivity contribution in [2.45, 2.75) is 52.9 Å². The summed E-state index contributed by atoms with van der Waals surface area (Å²) in [5.41, 5.74) is 2.48. The van der Waals surface area contributed by atoms with Crippen molar-refractivity contribution in [3.63, 3.8) is 0 Å². The lowest BCUT2D eigenvalue weighted by Crippen LogP contribution is -2.51. The Morgan fingerprint density at radius 2 is 1.66 bits per heavy atom. The lowest BCUT2D eigenvalue weighted by molar-refractivity contribution is -0.125. The van der Waals surface area contributed by atoms with Gasteiger partial charge >= 0.3 is 6.09 Å². The number of nitrogens with zero attached hydrogens (tertiary/aromatic N) is 3. The van der Waals surface area contributed by atoms with Crippen LogP contribution in [0.5, 0.6) is 0 Å². The first kappa shape index (κ1) is 23.2. The average molecular weight is 438 g/mol. The smallest absolute Gasteiger partial charge is 0.408 e. The van der Waals surface area contributed by atoms with Gasteiger partial charge in [0.15, 0.2) is 0 Å². The Morgan fingerprint density at radius 3 is 2.34 bits per heavy atom. The second kappa shape index (κ2) is 10.7. The van der Waals surface area contributed by atoms with E-state index in [9.17, 15) is 9.59 Å². The molecule has 2 aromatic carbocycles. The van der Waals surface area contributed by atoms with Crippen LogP contribution in [0.25, 0.3) is 11.0 Å². The van der Waals surface area contributed by atoms with Crippen molar-refractivity contribution in [3.05, 3.63) is 60.2 Å². The van der Waals surface area contributed by atoms with E-state index in [1.54, 1.807) is 4.68 Å². The predicted molar refractivity (Wildman–Crippen MR) is 123 cm³/mol. The Kier molecular flexibility index (Phi) is 7.81. The summed E-state index contributed by atoms with van der Waals surface area (Å²) >= 11 is 0. The zero-order valence-corrected chi connectivity index (χ0v) is 19.0. The van der Waals surface area contributed by atoms with Crippen LogP contribution in [-0.2, 0) is 16.1 Å². The minimum atomic E-state index is -0.747. The van der Waals surface area contributed by atoms with Crippen LogP contribution in [0.1, 0.15) is 45.8 Å². The number of rotatable bonds is 9. The zero-order chi connectivity index (χ0) is 23.1. The van der Waals surface area contributed by atoms with Crippen LogP contribution in [0.3, 0.4) is 0 Å². The highest BCUT2D eigenvalue weighted by Crippen LogP contribution is 2.20. The number of para-hydroxylation sites is 1. The highest BCUT2D eigenvalue weighted by atomic mass is 16.5. The summed E-state index contributed by atoms with van der Waals surface area (Å²) < 4.78 is 7.04. The number of carbonyl (C=O) groups is 2. The van der Waals surface area contributed by atoms with Gasteiger partial charge in [0.1, 0.15) is 24.3 Å². The topological polar surface area (TPSA) is 98.1 Å². The number of carbonyl (C=O) groups excluding carboxylic acids is 2. The lowest BCUT2D eigenvalue weighted by Gasteiger charge is -2.26. The number of nitrogens with one attached hydrogen (secondary N) is 2. The molecule has 0 aliphatic carbocycles. The molecule has 0 fully saturated rings.